The highest BCUT2D eigenvalue weighted by Crippen LogP contribution is 2.27. The molecular weight excluding hydrogens is 200 g/mol. The van der Waals surface area contributed by atoms with Crippen LogP contribution >= 0.6 is 0 Å². The first-order chi connectivity index (χ1) is 6.91. The molecule has 0 aliphatic carbocycles. The molecule has 0 heterocycles. The molecule has 2 N–H and O–H groups in total. The van der Waals surface area contributed by atoms with Gasteiger partial charge in [0, 0.05) is 14.2 Å². The average molecular weight is 220 g/mol. The third-order valence-corrected chi connectivity index (χ3v) is 2.49. The van der Waals surface area contributed by atoms with E-state index < -0.39 is 23.8 Å². The fourth-order valence-electron chi connectivity index (χ4n) is 1.69. The number of carboxylic acids is 1. The van der Waals surface area contributed by atoms with Gasteiger partial charge in [0.2, 0.25) is 0 Å². The summed E-state index contributed by atoms with van der Waals surface area (Å²) in [7, 11) is 2.74. The van der Waals surface area contributed by atoms with E-state index in [1.165, 1.54) is 21.1 Å². The number of hydrogen-bond acceptors (Lipinski definition) is 4. The molecule has 0 radical (unpaired) electrons. The van der Waals surface area contributed by atoms with E-state index in [-0.39, 0.29) is 0 Å². The van der Waals surface area contributed by atoms with Gasteiger partial charge in [-0.25, -0.2) is 0 Å². The topological polar surface area (TPSA) is 76.0 Å². The zero-order chi connectivity index (χ0) is 12.1. The summed E-state index contributed by atoms with van der Waals surface area (Å²) in [5.41, 5.74) is -1.54. The SMILES string of the molecule is CCCC(C(=O)O)C(C)(O)C(OC)OC. The van der Waals surface area contributed by atoms with Gasteiger partial charge < -0.3 is 19.7 Å². The Bertz CT molecular complexity index is 198. The summed E-state index contributed by atoms with van der Waals surface area (Å²) < 4.78 is 9.81. The second-order valence-corrected chi connectivity index (χ2v) is 3.71. The van der Waals surface area contributed by atoms with Crippen LogP contribution in [0, 0.1) is 5.92 Å². The van der Waals surface area contributed by atoms with Gasteiger partial charge in [-0.05, 0) is 13.3 Å². The smallest absolute Gasteiger partial charge is 0.309 e. The quantitative estimate of drug-likeness (QED) is 0.622. The van der Waals surface area contributed by atoms with E-state index in [1.807, 2.05) is 6.92 Å². The first-order valence-electron chi connectivity index (χ1n) is 4.92. The van der Waals surface area contributed by atoms with Crippen molar-refractivity contribution in [2.45, 2.75) is 38.6 Å². The summed E-state index contributed by atoms with van der Waals surface area (Å²) in [5, 5.41) is 19.1. The van der Waals surface area contributed by atoms with Crippen LogP contribution in [0.3, 0.4) is 0 Å². The van der Waals surface area contributed by atoms with Gasteiger partial charge in [-0.1, -0.05) is 13.3 Å². The van der Waals surface area contributed by atoms with Crippen LogP contribution in [0.2, 0.25) is 0 Å². The lowest BCUT2D eigenvalue weighted by atomic mass is 9.85. The van der Waals surface area contributed by atoms with Crippen LogP contribution in [0.25, 0.3) is 0 Å². The zero-order valence-corrected chi connectivity index (χ0v) is 9.69. The number of aliphatic hydroxyl groups is 1. The highest BCUT2D eigenvalue weighted by molar-refractivity contribution is 5.71. The third-order valence-electron chi connectivity index (χ3n) is 2.49. The standard InChI is InChI=1S/C10H20O5/c1-5-6-7(8(11)12)10(2,13)9(14-3)15-4/h7,9,13H,5-6H2,1-4H3,(H,11,12). The first-order valence-corrected chi connectivity index (χ1v) is 4.92. The van der Waals surface area contributed by atoms with E-state index in [0.29, 0.717) is 12.8 Å². The van der Waals surface area contributed by atoms with Crippen LogP contribution in [-0.2, 0) is 14.3 Å². The molecular formula is C10H20O5. The molecule has 0 aromatic rings. The monoisotopic (exact) mass is 220 g/mol. The van der Waals surface area contributed by atoms with E-state index in [2.05, 4.69) is 0 Å². The lowest BCUT2D eigenvalue weighted by Gasteiger charge is -2.35. The normalized spacial score (nSPS) is 17.5. The van der Waals surface area contributed by atoms with Crippen LogP contribution in [-0.4, -0.2) is 42.3 Å². The Morgan fingerprint density at radius 1 is 1.40 bits per heavy atom. The predicted molar refractivity (Wildman–Crippen MR) is 54.5 cm³/mol. The van der Waals surface area contributed by atoms with E-state index in [1.54, 1.807) is 0 Å². The summed E-state index contributed by atoms with van der Waals surface area (Å²) in [6.07, 6.45) is 0.115. The molecule has 5 heteroatoms. The number of rotatable bonds is 7. The van der Waals surface area contributed by atoms with E-state index in [9.17, 15) is 9.90 Å². The molecule has 0 fully saturated rings. The highest BCUT2D eigenvalue weighted by atomic mass is 16.7. The molecule has 15 heavy (non-hydrogen) atoms. The predicted octanol–water partition coefficient (Wildman–Crippen LogP) is 0.857. The molecule has 2 unspecified atom stereocenters. The van der Waals surface area contributed by atoms with Crippen LogP contribution in [0.5, 0.6) is 0 Å². The van der Waals surface area contributed by atoms with Crippen molar-refractivity contribution >= 4 is 5.97 Å². The Hall–Kier alpha value is -0.650. The highest BCUT2D eigenvalue weighted by Gasteiger charge is 2.44. The molecule has 0 bridgehead atoms. The molecule has 0 aromatic carbocycles. The van der Waals surface area contributed by atoms with E-state index in [4.69, 9.17) is 14.6 Å². The van der Waals surface area contributed by atoms with Crippen molar-refractivity contribution < 1.29 is 24.5 Å². The minimum atomic E-state index is -1.54. The number of carbonyl (C=O) groups is 1. The second-order valence-electron chi connectivity index (χ2n) is 3.71. The summed E-state index contributed by atoms with van der Waals surface area (Å²) in [5.74, 6) is -1.94. The Kier molecular flexibility index (Phi) is 5.79. The van der Waals surface area contributed by atoms with Crippen molar-refractivity contribution in [3.63, 3.8) is 0 Å². The molecule has 2 atom stereocenters. The molecule has 0 aliphatic rings. The Morgan fingerprint density at radius 2 is 1.87 bits per heavy atom. The molecule has 0 aromatic heterocycles. The van der Waals surface area contributed by atoms with Crippen LogP contribution in [0.15, 0.2) is 0 Å². The van der Waals surface area contributed by atoms with Crippen molar-refractivity contribution in [3.8, 4) is 0 Å². The average Bonchev–Trinajstić information content (AvgIpc) is 2.14. The minimum Gasteiger partial charge on any atom is -0.481 e. The van der Waals surface area contributed by atoms with Crippen LogP contribution in [0.4, 0.5) is 0 Å². The van der Waals surface area contributed by atoms with Gasteiger partial charge in [-0.2, -0.15) is 0 Å². The summed E-state index contributed by atoms with van der Waals surface area (Å²) in [6.45, 7) is 3.28. The fourth-order valence-corrected chi connectivity index (χ4v) is 1.69. The Labute approximate surface area is 90.0 Å². The molecule has 5 nitrogen and oxygen atoms in total. The zero-order valence-electron chi connectivity index (χ0n) is 9.69. The molecule has 0 saturated carbocycles. The van der Waals surface area contributed by atoms with Gasteiger partial charge in [-0.15, -0.1) is 0 Å². The van der Waals surface area contributed by atoms with Crippen molar-refractivity contribution in [2.24, 2.45) is 5.92 Å². The summed E-state index contributed by atoms with van der Waals surface area (Å²) >= 11 is 0. The molecule has 0 spiro atoms. The van der Waals surface area contributed by atoms with Crippen LogP contribution in [0.1, 0.15) is 26.7 Å². The Balaban J connectivity index is 4.82. The largest absolute Gasteiger partial charge is 0.481 e. The maximum atomic E-state index is 11.0. The van der Waals surface area contributed by atoms with Gasteiger partial charge in [0.05, 0.1) is 5.92 Å². The van der Waals surface area contributed by atoms with Gasteiger partial charge in [-0.3, -0.25) is 4.79 Å². The first kappa shape index (κ1) is 14.3. The lowest BCUT2D eigenvalue weighted by Crippen LogP contribution is -2.51. The molecule has 0 aliphatic heterocycles. The molecule has 0 saturated heterocycles. The summed E-state index contributed by atoms with van der Waals surface area (Å²) in [4.78, 5) is 11.0. The number of carboxylic acid groups (broad SMARTS) is 1. The second kappa shape index (κ2) is 6.05. The number of aliphatic carboxylic acids is 1. The van der Waals surface area contributed by atoms with E-state index in [0.717, 1.165) is 0 Å². The minimum absolute atomic E-state index is 0.381. The fraction of sp³-hybridized carbons (Fsp3) is 0.900. The van der Waals surface area contributed by atoms with Gasteiger partial charge in [0.15, 0.2) is 6.29 Å². The number of ether oxygens (including phenoxy) is 2. The van der Waals surface area contributed by atoms with Crippen molar-refractivity contribution in [2.75, 3.05) is 14.2 Å². The molecule has 0 amide bonds. The van der Waals surface area contributed by atoms with E-state index >= 15 is 0 Å². The van der Waals surface area contributed by atoms with Crippen LogP contribution < -0.4 is 0 Å². The maximum absolute atomic E-state index is 11.0. The third kappa shape index (κ3) is 3.44. The molecule has 0 rings (SSSR count). The van der Waals surface area contributed by atoms with Crippen molar-refractivity contribution in [1.82, 2.24) is 0 Å². The maximum Gasteiger partial charge on any atom is 0.309 e. The van der Waals surface area contributed by atoms with Crippen molar-refractivity contribution in [3.05, 3.63) is 0 Å². The number of methoxy groups -OCH3 is 2. The van der Waals surface area contributed by atoms with Gasteiger partial charge in [0.1, 0.15) is 5.60 Å². The van der Waals surface area contributed by atoms with Gasteiger partial charge in [0.25, 0.3) is 0 Å². The lowest BCUT2D eigenvalue weighted by molar-refractivity contribution is -0.230. The number of hydrogen-bond donors (Lipinski definition) is 2. The van der Waals surface area contributed by atoms with Gasteiger partial charge >= 0.3 is 5.97 Å². The Morgan fingerprint density at radius 3 is 2.13 bits per heavy atom. The summed E-state index contributed by atoms with van der Waals surface area (Å²) in [6, 6.07) is 0. The van der Waals surface area contributed by atoms with Crippen molar-refractivity contribution in [1.29, 1.82) is 0 Å². The molecule has 90 valence electrons.